The summed E-state index contributed by atoms with van der Waals surface area (Å²) in [5, 5.41) is 2.87. The van der Waals surface area contributed by atoms with Gasteiger partial charge in [-0.15, -0.1) is 6.58 Å². The number of hydrogen-bond donors (Lipinski definition) is 1. The van der Waals surface area contributed by atoms with Gasteiger partial charge in [0.2, 0.25) is 0 Å². The molecule has 1 nitrogen and oxygen atoms in total. The summed E-state index contributed by atoms with van der Waals surface area (Å²) in [5.41, 5.74) is -0.139. The molecule has 1 atom stereocenters. The molecule has 1 unspecified atom stereocenters. The minimum atomic E-state index is -4.32. The van der Waals surface area contributed by atoms with Gasteiger partial charge in [-0.3, -0.25) is 0 Å². The normalized spacial score (nSPS) is 13.6. The Morgan fingerprint density at radius 2 is 2.06 bits per heavy atom. The van der Waals surface area contributed by atoms with Crippen LogP contribution in [0.15, 0.2) is 35.3 Å². The van der Waals surface area contributed by atoms with E-state index in [4.69, 9.17) is 0 Å². The Hall–Kier alpha value is -0.810. The predicted octanol–water partition coefficient (Wildman–Crippen LogP) is 3.91. The van der Waals surface area contributed by atoms with Crippen molar-refractivity contribution in [3.05, 3.63) is 46.5 Å². The van der Waals surface area contributed by atoms with Crippen LogP contribution in [0.2, 0.25) is 0 Å². The van der Waals surface area contributed by atoms with Gasteiger partial charge >= 0.3 is 6.18 Å². The summed E-state index contributed by atoms with van der Waals surface area (Å²) in [5.74, 6) is 0. The highest BCUT2D eigenvalue weighted by Crippen LogP contribution is 2.34. The third kappa shape index (κ3) is 2.86. The first-order valence-corrected chi connectivity index (χ1v) is 5.36. The second-order valence-corrected chi connectivity index (χ2v) is 4.09. The maximum Gasteiger partial charge on any atom is 0.416 e. The summed E-state index contributed by atoms with van der Waals surface area (Å²) in [6, 6.07) is 3.25. The highest BCUT2D eigenvalue weighted by molar-refractivity contribution is 9.10. The van der Waals surface area contributed by atoms with Crippen molar-refractivity contribution in [1.82, 2.24) is 5.32 Å². The van der Waals surface area contributed by atoms with E-state index in [-0.39, 0.29) is 6.04 Å². The van der Waals surface area contributed by atoms with Crippen LogP contribution in [0.1, 0.15) is 17.2 Å². The van der Waals surface area contributed by atoms with Gasteiger partial charge in [0.15, 0.2) is 0 Å². The van der Waals surface area contributed by atoms with E-state index in [1.165, 1.54) is 6.07 Å². The van der Waals surface area contributed by atoms with Crippen LogP contribution in [-0.4, -0.2) is 7.05 Å². The summed E-state index contributed by atoms with van der Waals surface area (Å²) in [4.78, 5) is 0. The largest absolute Gasteiger partial charge is 0.416 e. The molecule has 1 aromatic carbocycles. The van der Waals surface area contributed by atoms with Crippen LogP contribution in [0, 0.1) is 0 Å². The summed E-state index contributed by atoms with van der Waals surface area (Å²) in [6.45, 7) is 3.58. The lowest BCUT2D eigenvalue weighted by molar-refractivity contribution is -0.137. The van der Waals surface area contributed by atoms with Crippen molar-refractivity contribution in [2.75, 3.05) is 7.05 Å². The number of rotatable bonds is 3. The molecule has 0 saturated carbocycles. The van der Waals surface area contributed by atoms with E-state index < -0.39 is 11.7 Å². The molecular formula is C11H11BrF3N. The lowest BCUT2D eigenvalue weighted by atomic mass is 10.0. The molecule has 1 N–H and O–H groups in total. The molecule has 0 saturated heterocycles. The predicted molar refractivity (Wildman–Crippen MR) is 61.1 cm³/mol. The first kappa shape index (κ1) is 13.3. The number of hydrogen-bond acceptors (Lipinski definition) is 1. The summed E-state index contributed by atoms with van der Waals surface area (Å²) in [6.07, 6.45) is -2.77. The topological polar surface area (TPSA) is 12.0 Å². The quantitative estimate of drug-likeness (QED) is 0.833. The molecule has 0 aliphatic rings. The van der Waals surface area contributed by atoms with Gasteiger partial charge in [0.05, 0.1) is 11.6 Å². The van der Waals surface area contributed by atoms with Gasteiger partial charge < -0.3 is 5.32 Å². The van der Waals surface area contributed by atoms with Gasteiger partial charge in [-0.1, -0.05) is 22.0 Å². The first-order valence-electron chi connectivity index (χ1n) is 4.56. The molecule has 0 heterocycles. The Bertz CT molecular complexity index is 387. The monoisotopic (exact) mass is 293 g/mol. The van der Waals surface area contributed by atoms with E-state index in [0.717, 1.165) is 12.1 Å². The van der Waals surface area contributed by atoms with Crippen LogP contribution in [-0.2, 0) is 6.18 Å². The molecule has 5 heteroatoms. The van der Waals surface area contributed by atoms with E-state index >= 15 is 0 Å². The Morgan fingerprint density at radius 1 is 1.44 bits per heavy atom. The Balaban J connectivity index is 3.23. The molecule has 0 aromatic heterocycles. The lowest BCUT2D eigenvalue weighted by Crippen LogP contribution is -2.15. The first-order chi connectivity index (χ1) is 7.40. The average molecular weight is 294 g/mol. The molecule has 1 aromatic rings. The van der Waals surface area contributed by atoms with Crippen molar-refractivity contribution in [2.45, 2.75) is 12.2 Å². The maximum atomic E-state index is 12.5. The second-order valence-electron chi connectivity index (χ2n) is 3.24. The van der Waals surface area contributed by atoms with Crippen LogP contribution >= 0.6 is 15.9 Å². The Kier molecular flexibility index (Phi) is 4.15. The number of benzene rings is 1. The van der Waals surface area contributed by atoms with E-state index in [0.29, 0.717) is 10.0 Å². The summed E-state index contributed by atoms with van der Waals surface area (Å²) >= 11 is 3.22. The SMILES string of the molecule is C=CC(NC)c1cc(C(F)(F)F)ccc1Br. The molecular weight excluding hydrogens is 283 g/mol. The van der Waals surface area contributed by atoms with Gasteiger partial charge in [0, 0.05) is 4.47 Å². The van der Waals surface area contributed by atoms with Crippen molar-refractivity contribution >= 4 is 15.9 Å². The van der Waals surface area contributed by atoms with Crippen LogP contribution < -0.4 is 5.32 Å². The minimum absolute atomic E-state index is 0.309. The van der Waals surface area contributed by atoms with Crippen molar-refractivity contribution in [2.24, 2.45) is 0 Å². The van der Waals surface area contributed by atoms with Gasteiger partial charge in [-0.05, 0) is 30.8 Å². The minimum Gasteiger partial charge on any atom is -0.310 e. The van der Waals surface area contributed by atoms with E-state index in [1.807, 2.05) is 0 Å². The van der Waals surface area contributed by atoms with E-state index in [1.54, 1.807) is 13.1 Å². The molecule has 0 radical (unpaired) electrons. The fourth-order valence-corrected chi connectivity index (χ4v) is 1.85. The number of nitrogens with one attached hydrogen (secondary N) is 1. The van der Waals surface area contributed by atoms with E-state index in [2.05, 4.69) is 27.8 Å². The molecule has 0 bridgehead atoms. The smallest absolute Gasteiger partial charge is 0.310 e. The Morgan fingerprint density at radius 3 is 2.50 bits per heavy atom. The number of likely N-dealkylation sites (N-methyl/N-ethyl adjacent to an activating group) is 1. The highest BCUT2D eigenvalue weighted by atomic mass is 79.9. The zero-order valence-corrected chi connectivity index (χ0v) is 10.2. The highest BCUT2D eigenvalue weighted by Gasteiger charge is 2.31. The standard InChI is InChI=1S/C11H11BrF3N/c1-3-10(16-2)8-6-7(11(13,14)15)4-5-9(8)12/h3-6,10,16H,1H2,2H3. The number of halogens is 4. The van der Waals surface area contributed by atoms with Crippen LogP contribution in [0.4, 0.5) is 13.2 Å². The molecule has 0 spiro atoms. The molecule has 88 valence electrons. The molecule has 0 aliphatic carbocycles. The van der Waals surface area contributed by atoms with Crippen molar-refractivity contribution < 1.29 is 13.2 Å². The van der Waals surface area contributed by atoms with Crippen LogP contribution in [0.25, 0.3) is 0 Å². The second kappa shape index (κ2) is 5.01. The fourth-order valence-electron chi connectivity index (χ4n) is 1.36. The zero-order valence-electron chi connectivity index (χ0n) is 8.61. The van der Waals surface area contributed by atoms with Gasteiger partial charge in [0.25, 0.3) is 0 Å². The Labute approximate surface area is 100 Å². The maximum absolute atomic E-state index is 12.5. The molecule has 0 amide bonds. The summed E-state index contributed by atoms with van der Waals surface area (Å²) in [7, 11) is 1.67. The molecule has 1 rings (SSSR count). The third-order valence-electron chi connectivity index (χ3n) is 2.21. The van der Waals surface area contributed by atoms with Gasteiger partial charge in [-0.25, -0.2) is 0 Å². The van der Waals surface area contributed by atoms with Crippen LogP contribution in [0.3, 0.4) is 0 Å². The molecule has 0 fully saturated rings. The lowest BCUT2D eigenvalue weighted by Gasteiger charge is -2.16. The molecule has 16 heavy (non-hydrogen) atoms. The van der Waals surface area contributed by atoms with Gasteiger partial charge in [0.1, 0.15) is 0 Å². The van der Waals surface area contributed by atoms with Crippen LogP contribution in [0.5, 0.6) is 0 Å². The summed E-state index contributed by atoms with van der Waals surface area (Å²) < 4.78 is 38.2. The van der Waals surface area contributed by atoms with Crippen molar-refractivity contribution in [1.29, 1.82) is 0 Å². The van der Waals surface area contributed by atoms with E-state index in [9.17, 15) is 13.2 Å². The fraction of sp³-hybridized carbons (Fsp3) is 0.273. The van der Waals surface area contributed by atoms with Crippen molar-refractivity contribution in [3.63, 3.8) is 0 Å². The average Bonchev–Trinajstić information content (AvgIpc) is 2.20. The van der Waals surface area contributed by atoms with Gasteiger partial charge in [-0.2, -0.15) is 13.2 Å². The molecule has 0 aliphatic heterocycles. The zero-order chi connectivity index (χ0) is 12.3. The van der Waals surface area contributed by atoms with Crippen molar-refractivity contribution in [3.8, 4) is 0 Å². The third-order valence-corrected chi connectivity index (χ3v) is 2.93. The number of alkyl halides is 3.